The summed E-state index contributed by atoms with van der Waals surface area (Å²) < 4.78 is 23.5. The predicted octanol–water partition coefficient (Wildman–Crippen LogP) is 7.63. The van der Waals surface area contributed by atoms with Gasteiger partial charge in [0, 0.05) is 5.69 Å². The second kappa shape index (κ2) is 13.4. The molecular formula is C36H39NO7. The van der Waals surface area contributed by atoms with Gasteiger partial charge >= 0.3 is 5.97 Å². The molecule has 230 valence electrons. The van der Waals surface area contributed by atoms with Gasteiger partial charge in [0.1, 0.15) is 5.58 Å². The maximum atomic E-state index is 14.1. The van der Waals surface area contributed by atoms with Crippen LogP contribution < -0.4 is 19.8 Å². The average Bonchev–Trinajstić information content (AvgIpc) is 3.30. The van der Waals surface area contributed by atoms with E-state index in [1.54, 1.807) is 36.4 Å². The zero-order chi connectivity index (χ0) is 31.4. The molecule has 4 aromatic rings. The first-order valence-corrected chi connectivity index (χ1v) is 15.3. The number of ether oxygens (including phenoxy) is 3. The molecule has 5 rings (SSSR count). The van der Waals surface area contributed by atoms with E-state index in [0.29, 0.717) is 65.0 Å². The number of amides is 1. The summed E-state index contributed by atoms with van der Waals surface area (Å²) >= 11 is 0. The number of carbonyl (C=O) groups is 2. The highest BCUT2D eigenvalue weighted by Gasteiger charge is 2.44. The van der Waals surface area contributed by atoms with Crippen molar-refractivity contribution in [2.45, 2.75) is 59.9 Å². The van der Waals surface area contributed by atoms with Crippen molar-refractivity contribution in [3.8, 4) is 11.5 Å². The van der Waals surface area contributed by atoms with Gasteiger partial charge in [0.05, 0.1) is 42.4 Å². The van der Waals surface area contributed by atoms with Crippen molar-refractivity contribution in [3.63, 3.8) is 0 Å². The fourth-order valence-electron chi connectivity index (χ4n) is 5.31. The highest BCUT2D eigenvalue weighted by atomic mass is 16.5. The number of carbonyl (C=O) groups excluding carboxylic acids is 2. The number of hydrogen-bond donors (Lipinski definition) is 0. The molecule has 0 aliphatic carbocycles. The maximum Gasteiger partial charge on any atom is 0.338 e. The molecule has 0 bridgehead atoms. The van der Waals surface area contributed by atoms with E-state index in [-0.39, 0.29) is 16.8 Å². The Morgan fingerprint density at radius 1 is 0.932 bits per heavy atom. The normalized spacial score (nSPS) is 14.3. The Hall–Kier alpha value is -4.59. The van der Waals surface area contributed by atoms with Crippen LogP contribution in [0.2, 0.25) is 0 Å². The summed E-state index contributed by atoms with van der Waals surface area (Å²) in [5, 5.41) is 0.409. The van der Waals surface area contributed by atoms with Crippen LogP contribution in [0, 0.1) is 12.8 Å². The maximum absolute atomic E-state index is 14.1. The van der Waals surface area contributed by atoms with Gasteiger partial charge in [-0.1, -0.05) is 44.9 Å². The summed E-state index contributed by atoms with van der Waals surface area (Å²) in [5.74, 6) is 0.736. The minimum Gasteiger partial charge on any atom is -0.490 e. The first kappa shape index (κ1) is 30.9. The van der Waals surface area contributed by atoms with Gasteiger partial charge < -0.3 is 18.6 Å². The number of anilines is 1. The van der Waals surface area contributed by atoms with Crippen molar-refractivity contribution in [1.82, 2.24) is 0 Å². The number of fused-ring (bicyclic) bond motifs is 2. The quantitative estimate of drug-likeness (QED) is 0.122. The lowest BCUT2D eigenvalue weighted by molar-refractivity contribution is 0.0499. The minimum absolute atomic E-state index is 0.00498. The Labute approximate surface area is 257 Å². The molecule has 1 unspecified atom stereocenters. The third-order valence-corrected chi connectivity index (χ3v) is 7.67. The third-order valence-electron chi connectivity index (χ3n) is 7.67. The van der Waals surface area contributed by atoms with E-state index in [1.807, 2.05) is 45.0 Å². The summed E-state index contributed by atoms with van der Waals surface area (Å²) in [4.78, 5) is 42.2. The monoisotopic (exact) mass is 597 g/mol. The largest absolute Gasteiger partial charge is 0.490 e. The molecule has 3 aromatic carbocycles. The molecule has 8 heteroatoms. The fraction of sp³-hybridized carbons (Fsp3) is 0.361. The number of rotatable bonds is 12. The topological polar surface area (TPSA) is 95.3 Å². The zero-order valence-electron chi connectivity index (χ0n) is 26.0. The lowest BCUT2D eigenvalue weighted by atomic mass is 9.97. The van der Waals surface area contributed by atoms with Crippen LogP contribution in [-0.2, 0) is 4.74 Å². The molecule has 1 atom stereocenters. The van der Waals surface area contributed by atoms with Crippen molar-refractivity contribution >= 4 is 28.5 Å². The minimum atomic E-state index is -0.801. The average molecular weight is 598 g/mol. The van der Waals surface area contributed by atoms with E-state index in [1.165, 1.54) is 4.90 Å². The molecule has 0 fully saturated rings. The van der Waals surface area contributed by atoms with Gasteiger partial charge in [-0.3, -0.25) is 14.5 Å². The molecule has 8 nitrogen and oxygen atoms in total. The lowest BCUT2D eigenvalue weighted by Gasteiger charge is -2.26. The summed E-state index contributed by atoms with van der Waals surface area (Å²) in [6.45, 7) is 11.4. The molecular weight excluding hydrogens is 558 g/mol. The van der Waals surface area contributed by atoms with Crippen LogP contribution in [-0.4, -0.2) is 31.7 Å². The van der Waals surface area contributed by atoms with Gasteiger partial charge in [-0.2, -0.15) is 0 Å². The second-order valence-electron chi connectivity index (χ2n) is 11.5. The molecule has 0 saturated heterocycles. The Bertz CT molecular complexity index is 1720. The van der Waals surface area contributed by atoms with E-state index in [4.69, 9.17) is 18.6 Å². The predicted molar refractivity (Wildman–Crippen MR) is 170 cm³/mol. The SMILES string of the molecule is CCCCOC(=O)c1ccc(N2C(=O)c3oc4ccc(C)cc4c(=O)c3C2c2ccc(OCCC(C)C)c(OCC)c2)cc1. The van der Waals surface area contributed by atoms with E-state index in [2.05, 4.69) is 13.8 Å². The fourth-order valence-corrected chi connectivity index (χ4v) is 5.31. The van der Waals surface area contributed by atoms with Gasteiger partial charge in [0.15, 0.2) is 16.9 Å². The van der Waals surface area contributed by atoms with Crippen LogP contribution >= 0.6 is 0 Å². The molecule has 1 aliphatic heterocycles. The van der Waals surface area contributed by atoms with Crippen molar-refractivity contribution < 1.29 is 28.2 Å². The Morgan fingerprint density at radius 2 is 1.70 bits per heavy atom. The zero-order valence-corrected chi connectivity index (χ0v) is 26.0. The molecule has 0 saturated carbocycles. The van der Waals surface area contributed by atoms with Crippen LogP contribution in [0.3, 0.4) is 0 Å². The number of unbranched alkanes of at least 4 members (excludes halogenated alkanes) is 1. The third kappa shape index (κ3) is 6.20. The van der Waals surface area contributed by atoms with Crippen LogP contribution in [0.5, 0.6) is 11.5 Å². The van der Waals surface area contributed by atoms with E-state index in [0.717, 1.165) is 24.8 Å². The summed E-state index contributed by atoms with van der Waals surface area (Å²) in [6.07, 6.45) is 2.59. The number of benzene rings is 3. The van der Waals surface area contributed by atoms with Crippen molar-refractivity contribution in [1.29, 1.82) is 0 Å². The van der Waals surface area contributed by atoms with Crippen LogP contribution in [0.4, 0.5) is 5.69 Å². The molecule has 1 aliphatic rings. The standard InChI is InChI=1S/C36H39NO7/c1-6-8-18-43-36(40)24-10-13-26(14-11-24)37-32(25-12-16-29(30(21-25)41-7-2)42-19-17-22(3)4)31-33(38)27-20-23(5)9-15-28(27)44-34(31)35(37)39/h9-16,20-22,32H,6-8,17-19H2,1-5H3. The first-order valence-electron chi connectivity index (χ1n) is 15.3. The molecule has 0 spiro atoms. The van der Waals surface area contributed by atoms with Gasteiger partial charge in [-0.05, 0) is 86.7 Å². The first-order chi connectivity index (χ1) is 21.2. The Kier molecular flexibility index (Phi) is 9.37. The Balaban J connectivity index is 1.61. The number of nitrogens with zero attached hydrogens (tertiary/aromatic N) is 1. The van der Waals surface area contributed by atoms with Crippen molar-refractivity contribution in [2.24, 2.45) is 5.92 Å². The Morgan fingerprint density at radius 3 is 2.41 bits per heavy atom. The molecule has 1 aromatic heterocycles. The highest BCUT2D eigenvalue weighted by molar-refractivity contribution is 6.11. The van der Waals surface area contributed by atoms with Gasteiger partial charge in [0.25, 0.3) is 5.91 Å². The van der Waals surface area contributed by atoms with Crippen LogP contribution in [0.15, 0.2) is 69.9 Å². The van der Waals surface area contributed by atoms with E-state index in [9.17, 15) is 14.4 Å². The molecule has 44 heavy (non-hydrogen) atoms. The smallest absolute Gasteiger partial charge is 0.338 e. The number of esters is 1. The molecule has 1 amide bonds. The van der Waals surface area contributed by atoms with Crippen LogP contribution in [0.1, 0.15) is 90.6 Å². The van der Waals surface area contributed by atoms with Crippen molar-refractivity contribution in [2.75, 3.05) is 24.7 Å². The highest BCUT2D eigenvalue weighted by Crippen LogP contribution is 2.43. The summed E-state index contributed by atoms with van der Waals surface area (Å²) in [7, 11) is 0. The van der Waals surface area contributed by atoms with Gasteiger partial charge in [-0.25, -0.2) is 4.79 Å². The summed E-state index contributed by atoms with van der Waals surface area (Å²) in [5.41, 5.74) is 2.80. The molecule has 0 N–H and O–H groups in total. The second-order valence-corrected chi connectivity index (χ2v) is 11.5. The van der Waals surface area contributed by atoms with Gasteiger partial charge in [-0.15, -0.1) is 0 Å². The number of hydrogen-bond acceptors (Lipinski definition) is 7. The van der Waals surface area contributed by atoms with E-state index < -0.39 is 17.9 Å². The summed E-state index contributed by atoms with van der Waals surface area (Å²) in [6, 6.07) is 16.7. The number of aryl methyl sites for hydroxylation is 1. The molecule has 0 radical (unpaired) electrons. The van der Waals surface area contributed by atoms with Gasteiger partial charge in [0.2, 0.25) is 5.76 Å². The van der Waals surface area contributed by atoms with E-state index >= 15 is 0 Å². The van der Waals surface area contributed by atoms with Crippen molar-refractivity contribution in [3.05, 3.63) is 98.9 Å². The lowest BCUT2D eigenvalue weighted by Crippen LogP contribution is -2.29. The van der Waals surface area contributed by atoms with Crippen LogP contribution in [0.25, 0.3) is 11.0 Å². The molecule has 2 heterocycles.